The number of methoxy groups -OCH3 is 2. The van der Waals surface area contributed by atoms with Gasteiger partial charge in [0.05, 0.1) is 19.4 Å². The largest absolute Gasteiger partial charge is 0.495 e. The van der Waals surface area contributed by atoms with Crippen LogP contribution in [0.1, 0.15) is 23.6 Å². The second-order valence-electron chi connectivity index (χ2n) is 7.36. The Kier molecular flexibility index (Phi) is 7.86. The SMILES string of the molecule is COC[C@H](C)NC(=O)CN(c1ccc(C)c(C)c1)S(=O)(=O)c1cc(C)ccc1OC. The Labute approximate surface area is 179 Å². The van der Waals surface area contributed by atoms with Crippen LogP contribution in [0.5, 0.6) is 5.75 Å². The van der Waals surface area contributed by atoms with Gasteiger partial charge in [-0.25, -0.2) is 8.42 Å². The zero-order valence-corrected chi connectivity index (χ0v) is 19.2. The fourth-order valence-electron chi connectivity index (χ4n) is 3.04. The van der Waals surface area contributed by atoms with Crippen LogP contribution in [0.4, 0.5) is 5.69 Å². The summed E-state index contributed by atoms with van der Waals surface area (Å²) in [5, 5.41) is 2.77. The van der Waals surface area contributed by atoms with Crippen LogP contribution < -0.4 is 14.4 Å². The molecule has 1 N–H and O–H groups in total. The van der Waals surface area contributed by atoms with Crippen LogP contribution in [0.3, 0.4) is 0 Å². The molecular formula is C22H30N2O5S. The highest BCUT2D eigenvalue weighted by molar-refractivity contribution is 7.93. The fourth-order valence-corrected chi connectivity index (χ4v) is 4.70. The summed E-state index contributed by atoms with van der Waals surface area (Å²) in [6.45, 7) is 7.40. The number of carbonyl (C=O) groups is 1. The minimum absolute atomic E-state index is 0.0148. The van der Waals surface area contributed by atoms with E-state index in [2.05, 4.69) is 5.32 Å². The number of sulfonamides is 1. The number of hydrogen-bond donors (Lipinski definition) is 1. The van der Waals surface area contributed by atoms with Crippen LogP contribution in [0.25, 0.3) is 0 Å². The normalized spacial score (nSPS) is 12.3. The number of nitrogens with one attached hydrogen (secondary N) is 1. The molecule has 0 fully saturated rings. The molecule has 0 bridgehead atoms. The molecule has 30 heavy (non-hydrogen) atoms. The zero-order chi connectivity index (χ0) is 22.5. The average molecular weight is 435 g/mol. The smallest absolute Gasteiger partial charge is 0.268 e. The number of amides is 1. The van der Waals surface area contributed by atoms with E-state index in [4.69, 9.17) is 9.47 Å². The Morgan fingerprint density at radius 1 is 1.07 bits per heavy atom. The first-order chi connectivity index (χ1) is 14.1. The van der Waals surface area contributed by atoms with Crippen molar-refractivity contribution in [1.82, 2.24) is 5.32 Å². The van der Waals surface area contributed by atoms with Crippen LogP contribution in [-0.2, 0) is 19.6 Å². The van der Waals surface area contributed by atoms with Gasteiger partial charge in [0.1, 0.15) is 17.2 Å². The first kappa shape index (κ1) is 23.7. The highest BCUT2D eigenvalue weighted by Crippen LogP contribution is 2.31. The predicted molar refractivity (Wildman–Crippen MR) is 118 cm³/mol. The van der Waals surface area contributed by atoms with Gasteiger partial charge in [0.25, 0.3) is 10.0 Å². The molecule has 0 saturated carbocycles. The Bertz CT molecular complexity index is 1000. The van der Waals surface area contributed by atoms with Gasteiger partial charge in [-0.2, -0.15) is 0 Å². The van der Waals surface area contributed by atoms with Gasteiger partial charge in [-0.15, -0.1) is 0 Å². The third kappa shape index (κ3) is 5.52. The summed E-state index contributed by atoms with van der Waals surface area (Å²) in [6.07, 6.45) is 0. The standard InChI is InChI=1S/C22H30N2O5S/c1-15-7-10-20(29-6)21(11-15)30(26,27)24(13-22(25)23-18(4)14-28-5)19-9-8-16(2)17(3)12-19/h7-12,18H,13-14H2,1-6H3,(H,23,25)/t18-/m0/s1. The van der Waals surface area contributed by atoms with Crippen molar-refractivity contribution in [2.24, 2.45) is 0 Å². The molecule has 2 aromatic carbocycles. The Hall–Kier alpha value is -2.58. The number of nitrogens with zero attached hydrogens (tertiary/aromatic N) is 1. The molecule has 0 heterocycles. The number of rotatable bonds is 9. The molecule has 0 saturated heterocycles. The molecule has 0 aliphatic carbocycles. The molecule has 0 aliphatic rings. The van der Waals surface area contributed by atoms with Crippen LogP contribution >= 0.6 is 0 Å². The van der Waals surface area contributed by atoms with E-state index in [0.717, 1.165) is 21.0 Å². The monoisotopic (exact) mass is 434 g/mol. The highest BCUT2D eigenvalue weighted by atomic mass is 32.2. The number of carbonyl (C=O) groups excluding carboxylic acids is 1. The number of benzene rings is 2. The molecule has 0 aliphatic heterocycles. The van der Waals surface area contributed by atoms with Crippen molar-refractivity contribution in [3.8, 4) is 5.75 Å². The van der Waals surface area contributed by atoms with Crippen molar-refractivity contribution in [2.45, 2.75) is 38.6 Å². The van der Waals surface area contributed by atoms with Crippen molar-refractivity contribution in [2.75, 3.05) is 31.7 Å². The van der Waals surface area contributed by atoms with E-state index in [1.807, 2.05) is 19.9 Å². The second-order valence-corrected chi connectivity index (χ2v) is 9.19. The minimum atomic E-state index is -4.08. The van der Waals surface area contributed by atoms with Gasteiger partial charge in [0, 0.05) is 13.2 Å². The maximum Gasteiger partial charge on any atom is 0.268 e. The number of anilines is 1. The summed E-state index contributed by atoms with van der Waals surface area (Å²) in [5.41, 5.74) is 3.14. The lowest BCUT2D eigenvalue weighted by molar-refractivity contribution is -0.120. The Morgan fingerprint density at radius 3 is 2.37 bits per heavy atom. The second kappa shape index (κ2) is 9.95. The van der Waals surface area contributed by atoms with Gasteiger partial charge in [-0.3, -0.25) is 9.10 Å². The zero-order valence-electron chi connectivity index (χ0n) is 18.4. The van der Waals surface area contributed by atoms with Crippen molar-refractivity contribution in [3.05, 3.63) is 53.1 Å². The van der Waals surface area contributed by atoms with E-state index in [-0.39, 0.29) is 23.2 Å². The molecule has 1 amide bonds. The predicted octanol–water partition coefficient (Wildman–Crippen LogP) is 2.97. The van der Waals surface area contributed by atoms with E-state index in [9.17, 15) is 13.2 Å². The molecule has 7 nitrogen and oxygen atoms in total. The van der Waals surface area contributed by atoms with Crippen LogP contribution in [-0.4, -0.2) is 47.7 Å². The van der Waals surface area contributed by atoms with E-state index in [1.165, 1.54) is 7.11 Å². The van der Waals surface area contributed by atoms with E-state index in [1.54, 1.807) is 51.3 Å². The molecule has 0 spiro atoms. The number of ether oxygens (including phenoxy) is 2. The van der Waals surface area contributed by atoms with E-state index >= 15 is 0 Å². The number of hydrogen-bond acceptors (Lipinski definition) is 5. The molecule has 8 heteroatoms. The van der Waals surface area contributed by atoms with Crippen molar-refractivity contribution in [1.29, 1.82) is 0 Å². The van der Waals surface area contributed by atoms with Gasteiger partial charge in [0.2, 0.25) is 5.91 Å². The van der Waals surface area contributed by atoms with Gasteiger partial charge in [-0.05, 0) is 68.7 Å². The molecule has 2 rings (SSSR count). The lowest BCUT2D eigenvalue weighted by atomic mass is 10.1. The highest BCUT2D eigenvalue weighted by Gasteiger charge is 2.30. The number of aryl methyl sites for hydroxylation is 3. The van der Waals surface area contributed by atoms with Gasteiger partial charge >= 0.3 is 0 Å². The molecule has 2 aromatic rings. The van der Waals surface area contributed by atoms with Crippen molar-refractivity contribution in [3.63, 3.8) is 0 Å². The fraction of sp³-hybridized carbons (Fsp3) is 0.409. The van der Waals surface area contributed by atoms with Crippen molar-refractivity contribution >= 4 is 21.6 Å². The average Bonchev–Trinajstić information content (AvgIpc) is 2.68. The molecule has 0 aromatic heterocycles. The molecule has 164 valence electrons. The Balaban J connectivity index is 2.53. The molecular weight excluding hydrogens is 404 g/mol. The third-order valence-electron chi connectivity index (χ3n) is 4.78. The van der Waals surface area contributed by atoms with Gasteiger partial charge in [-0.1, -0.05) is 12.1 Å². The first-order valence-electron chi connectivity index (χ1n) is 9.63. The molecule has 0 radical (unpaired) electrons. The maximum absolute atomic E-state index is 13.6. The van der Waals surface area contributed by atoms with Crippen LogP contribution in [0.2, 0.25) is 0 Å². The Morgan fingerprint density at radius 2 is 1.77 bits per heavy atom. The lowest BCUT2D eigenvalue weighted by Gasteiger charge is -2.26. The maximum atomic E-state index is 13.6. The first-order valence-corrected chi connectivity index (χ1v) is 11.1. The van der Waals surface area contributed by atoms with Crippen LogP contribution in [0.15, 0.2) is 41.3 Å². The summed E-state index contributed by atoms with van der Waals surface area (Å²) in [4.78, 5) is 12.7. The lowest BCUT2D eigenvalue weighted by Crippen LogP contribution is -2.44. The summed E-state index contributed by atoms with van der Waals surface area (Å²) < 4.78 is 38.7. The van der Waals surface area contributed by atoms with Gasteiger partial charge < -0.3 is 14.8 Å². The topological polar surface area (TPSA) is 84.9 Å². The third-order valence-corrected chi connectivity index (χ3v) is 6.57. The molecule has 1 atom stereocenters. The van der Waals surface area contributed by atoms with E-state index < -0.39 is 15.9 Å². The van der Waals surface area contributed by atoms with Crippen LogP contribution in [0, 0.1) is 20.8 Å². The van der Waals surface area contributed by atoms with E-state index in [0.29, 0.717) is 12.3 Å². The molecule has 0 unspecified atom stereocenters. The quantitative estimate of drug-likeness (QED) is 0.656. The van der Waals surface area contributed by atoms with Gasteiger partial charge in [0.15, 0.2) is 0 Å². The summed E-state index contributed by atoms with van der Waals surface area (Å²) in [6, 6.07) is 9.99. The summed E-state index contributed by atoms with van der Waals surface area (Å²) in [7, 11) is -1.12. The van der Waals surface area contributed by atoms with Crippen molar-refractivity contribution < 1.29 is 22.7 Å². The summed E-state index contributed by atoms with van der Waals surface area (Å²) >= 11 is 0. The summed E-state index contributed by atoms with van der Waals surface area (Å²) in [5.74, 6) is -0.199. The minimum Gasteiger partial charge on any atom is -0.495 e.